The van der Waals surface area contributed by atoms with Crippen LogP contribution in [0.3, 0.4) is 0 Å². The Labute approximate surface area is 380 Å². The lowest BCUT2D eigenvalue weighted by atomic mass is 9.97. The Morgan fingerprint density at radius 3 is 1.36 bits per heavy atom. The van der Waals surface area contributed by atoms with E-state index in [0.29, 0.717) is 11.1 Å². The van der Waals surface area contributed by atoms with Gasteiger partial charge in [0.1, 0.15) is 6.07 Å². The van der Waals surface area contributed by atoms with Crippen LogP contribution >= 0.6 is 0 Å². The molecule has 4 aromatic heterocycles. The third kappa shape index (κ3) is 6.41. The Kier molecular flexibility index (Phi) is 9.16. The SMILES string of the molecule is N#Cc1cccc(-c2cc(-n3c4ccccc4c4ccc(-c5ccnc(-c6ccccc6)c5)cc43)c(C#N)cc2-n2c3ccccc3c3ccc(-c4ccnc(-c5ccccc5)c4)cc32)c1. The van der Waals surface area contributed by atoms with Crippen molar-refractivity contribution in [2.75, 3.05) is 0 Å². The second-order valence-electron chi connectivity index (χ2n) is 16.5. The van der Waals surface area contributed by atoms with E-state index in [-0.39, 0.29) is 0 Å². The van der Waals surface area contributed by atoms with Crippen LogP contribution in [0.5, 0.6) is 0 Å². The van der Waals surface area contributed by atoms with Crippen molar-refractivity contribution in [3.8, 4) is 79.4 Å². The molecule has 0 spiro atoms. The molecule has 0 amide bonds. The van der Waals surface area contributed by atoms with Gasteiger partial charge in [-0.3, -0.25) is 9.97 Å². The smallest absolute Gasteiger partial charge is 0.101 e. The van der Waals surface area contributed by atoms with Gasteiger partial charge in [0.05, 0.1) is 62.0 Å². The first-order valence-electron chi connectivity index (χ1n) is 21.8. The lowest BCUT2D eigenvalue weighted by Gasteiger charge is -2.19. The molecule has 0 aliphatic carbocycles. The first kappa shape index (κ1) is 38.3. The molecule has 6 nitrogen and oxygen atoms in total. The molecule has 0 N–H and O–H groups in total. The summed E-state index contributed by atoms with van der Waals surface area (Å²) >= 11 is 0. The van der Waals surface area contributed by atoms with Gasteiger partial charge in [-0.2, -0.15) is 10.5 Å². The zero-order chi connectivity index (χ0) is 44.1. The van der Waals surface area contributed by atoms with Gasteiger partial charge in [-0.1, -0.05) is 133 Å². The van der Waals surface area contributed by atoms with E-state index in [9.17, 15) is 10.5 Å². The molecule has 12 rings (SSSR count). The largest absolute Gasteiger partial charge is 0.309 e. The number of hydrogen-bond acceptors (Lipinski definition) is 4. The fourth-order valence-corrected chi connectivity index (χ4v) is 9.60. The standard InChI is InChI=1S/C60H36N6/c61-37-39-12-11-17-46(30-39)52-36-57(65-55-20-9-7-18-48(55)50-24-22-42(33-58(50)65)44-26-28-63-53(31-44)40-13-3-1-4-14-40)47(38-62)35-60(52)66-56-21-10-8-19-49(56)51-25-23-43(34-59(51)66)45-27-29-64-54(32-45)41-15-5-2-6-16-41/h1-36H. The predicted octanol–water partition coefficient (Wildman–Crippen LogP) is 14.7. The van der Waals surface area contributed by atoms with Gasteiger partial charge in [-0.15, -0.1) is 0 Å². The van der Waals surface area contributed by atoms with E-state index in [1.54, 1.807) is 0 Å². The molecule has 0 radical (unpaired) electrons. The van der Waals surface area contributed by atoms with Gasteiger partial charge in [0, 0.05) is 50.6 Å². The number of pyridine rings is 2. The fourth-order valence-electron chi connectivity index (χ4n) is 9.60. The van der Waals surface area contributed by atoms with Crippen molar-refractivity contribution in [3.05, 3.63) is 230 Å². The summed E-state index contributed by atoms with van der Waals surface area (Å²) in [6.45, 7) is 0. The Bertz CT molecular complexity index is 3960. The first-order valence-corrected chi connectivity index (χ1v) is 21.8. The predicted molar refractivity (Wildman–Crippen MR) is 267 cm³/mol. The monoisotopic (exact) mass is 840 g/mol. The zero-order valence-corrected chi connectivity index (χ0v) is 35.5. The van der Waals surface area contributed by atoms with Gasteiger partial charge in [0.2, 0.25) is 0 Å². The van der Waals surface area contributed by atoms with Gasteiger partial charge in [-0.05, 0) is 101 Å². The fraction of sp³-hybridized carbons (Fsp3) is 0. The molecule has 306 valence electrons. The number of fused-ring (bicyclic) bond motifs is 6. The second kappa shape index (κ2) is 15.8. The highest BCUT2D eigenvalue weighted by Gasteiger charge is 2.23. The van der Waals surface area contributed by atoms with Crippen molar-refractivity contribution >= 4 is 43.6 Å². The second-order valence-corrected chi connectivity index (χ2v) is 16.5. The third-order valence-corrected chi connectivity index (χ3v) is 12.7. The number of nitrogens with zero attached hydrogens (tertiary/aromatic N) is 6. The molecule has 8 aromatic carbocycles. The Balaban J connectivity index is 1.11. The molecule has 0 unspecified atom stereocenters. The lowest BCUT2D eigenvalue weighted by Crippen LogP contribution is -2.04. The molecule has 0 aliphatic rings. The van der Waals surface area contributed by atoms with Crippen molar-refractivity contribution in [3.63, 3.8) is 0 Å². The van der Waals surface area contributed by atoms with Crippen LogP contribution in [0.15, 0.2) is 219 Å². The topological polar surface area (TPSA) is 83.2 Å². The van der Waals surface area contributed by atoms with Crippen molar-refractivity contribution < 1.29 is 0 Å². The van der Waals surface area contributed by atoms with Crippen LogP contribution in [0.4, 0.5) is 0 Å². The molecule has 0 atom stereocenters. The first-order chi connectivity index (χ1) is 32.6. The van der Waals surface area contributed by atoms with E-state index in [4.69, 9.17) is 9.97 Å². The minimum Gasteiger partial charge on any atom is -0.309 e. The summed E-state index contributed by atoms with van der Waals surface area (Å²) in [5, 5.41) is 25.8. The van der Waals surface area contributed by atoms with E-state index in [2.05, 4.69) is 155 Å². The molecule has 4 heterocycles. The van der Waals surface area contributed by atoms with E-state index in [1.807, 2.05) is 85.2 Å². The normalized spacial score (nSPS) is 11.3. The van der Waals surface area contributed by atoms with Crippen LogP contribution in [0, 0.1) is 22.7 Å². The minimum atomic E-state index is 0.511. The van der Waals surface area contributed by atoms with Gasteiger partial charge in [0.25, 0.3) is 0 Å². The van der Waals surface area contributed by atoms with E-state index in [0.717, 1.165) is 111 Å². The summed E-state index contributed by atoms with van der Waals surface area (Å²) in [5.41, 5.74) is 16.4. The molecule has 12 aromatic rings. The van der Waals surface area contributed by atoms with Gasteiger partial charge in [-0.25, -0.2) is 0 Å². The molecule has 6 heteroatoms. The molecule has 0 saturated heterocycles. The summed E-state index contributed by atoms with van der Waals surface area (Å²) in [6.07, 6.45) is 3.73. The van der Waals surface area contributed by atoms with Crippen LogP contribution < -0.4 is 0 Å². The van der Waals surface area contributed by atoms with E-state index >= 15 is 0 Å². The van der Waals surface area contributed by atoms with Crippen molar-refractivity contribution in [2.24, 2.45) is 0 Å². The van der Waals surface area contributed by atoms with E-state index < -0.39 is 0 Å². The molecule has 0 saturated carbocycles. The number of para-hydroxylation sites is 2. The molecule has 0 fully saturated rings. The minimum absolute atomic E-state index is 0.511. The molecule has 66 heavy (non-hydrogen) atoms. The quantitative estimate of drug-likeness (QED) is 0.160. The Morgan fingerprint density at radius 2 is 0.818 bits per heavy atom. The van der Waals surface area contributed by atoms with Crippen molar-refractivity contribution in [1.29, 1.82) is 10.5 Å². The number of rotatable bonds is 7. The summed E-state index contributed by atoms with van der Waals surface area (Å²) in [6, 6.07) is 75.7. The molecular weight excluding hydrogens is 805 g/mol. The average molecular weight is 841 g/mol. The molecular formula is C60H36N6. The number of aromatic nitrogens is 4. The summed E-state index contributed by atoms with van der Waals surface area (Å²) in [4.78, 5) is 9.42. The maximum absolute atomic E-state index is 11.3. The maximum Gasteiger partial charge on any atom is 0.101 e. The lowest BCUT2D eigenvalue weighted by molar-refractivity contribution is 1.14. The summed E-state index contributed by atoms with van der Waals surface area (Å²) < 4.78 is 4.51. The highest BCUT2D eigenvalue weighted by Crippen LogP contribution is 2.42. The summed E-state index contributed by atoms with van der Waals surface area (Å²) in [5.74, 6) is 0. The maximum atomic E-state index is 11.3. The van der Waals surface area contributed by atoms with Gasteiger partial charge < -0.3 is 9.13 Å². The number of nitriles is 2. The van der Waals surface area contributed by atoms with Crippen LogP contribution in [0.1, 0.15) is 11.1 Å². The molecule has 0 aliphatic heterocycles. The third-order valence-electron chi connectivity index (χ3n) is 12.7. The number of benzene rings is 8. The van der Waals surface area contributed by atoms with Crippen molar-refractivity contribution in [2.45, 2.75) is 0 Å². The van der Waals surface area contributed by atoms with E-state index in [1.165, 1.54) is 0 Å². The summed E-state index contributed by atoms with van der Waals surface area (Å²) in [7, 11) is 0. The van der Waals surface area contributed by atoms with Crippen LogP contribution in [0.2, 0.25) is 0 Å². The van der Waals surface area contributed by atoms with Crippen LogP contribution in [-0.4, -0.2) is 19.1 Å². The highest BCUT2D eigenvalue weighted by molar-refractivity contribution is 6.12. The molecule has 0 bridgehead atoms. The van der Waals surface area contributed by atoms with Gasteiger partial charge in [0.15, 0.2) is 0 Å². The van der Waals surface area contributed by atoms with Crippen molar-refractivity contribution in [1.82, 2.24) is 19.1 Å². The van der Waals surface area contributed by atoms with Crippen LogP contribution in [0.25, 0.3) is 111 Å². The Hall–Kier alpha value is -9.36. The average Bonchev–Trinajstić information content (AvgIpc) is 3.91. The Morgan fingerprint density at radius 1 is 0.333 bits per heavy atom. The van der Waals surface area contributed by atoms with Crippen LogP contribution in [-0.2, 0) is 0 Å². The number of hydrogen-bond donors (Lipinski definition) is 0. The van der Waals surface area contributed by atoms with Gasteiger partial charge >= 0.3 is 0 Å². The highest BCUT2D eigenvalue weighted by atomic mass is 15.0. The zero-order valence-electron chi connectivity index (χ0n) is 35.5.